The summed E-state index contributed by atoms with van der Waals surface area (Å²) in [6, 6.07) is 9.47. The zero-order valence-electron chi connectivity index (χ0n) is 10.7. The van der Waals surface area contributed by atoms with Gasteiger partial charge in [0, 0.05) is 0 Å². The second-order valence-electron chi connectivity index (χ2n) is 4.67. The van der Waals surface area contributed by atoms with Crippen LogP contribution in [0.15, 0.2) is 30.3 Å². The van der Waals surface area contributed by atoms with Crippen LogP contribution in [0.3, 0.4) is 0 Å². The molecule has 1 heterocycles. The standard InChI is InChI=1S/C14H17NO4/c1-9(10-5-3-2-4-6-10)15-13(16)11-7-8-12(19-11)14(17)18/h2-6,9,11-12H,7-8H2,1H3,(H,15,16)(H,17,18)/t9-,11+,12-/m1/s1. The molecule has 0 aromatic heterocycles. The minimum Gasteiger partial charge on any atom is -0.479 e. The molecule has 3 atom stereocenters. The number of hydrogen-bond donors (Lipinski definition) is 2. The highest BCUT2D eigenvalue weighted by Crippen LogP contribution is 2.21. The van der Waals surface area contributed by atoms with Gasteiger partial charge in [-0.2, -0.15) is 0 Å². The van der Waals surface area contributed by atoms with Crippen LogP contribution in [-0.4, -0.2) is 29.2 Å². The van der Waals surface area contributed by atoms with Gasteiger partial charge in [0.25, 0.3) is 0 Å². The third-order valence-corrected chi connectivity index (χ3v) is 3.25. The normalized spacial score (nSPS) is 23.8. The van der Waals surface area contributed by atoms with E-state index in [9.17, 15) is 9.59 Å². The van der Waals surface area contributed by atoms with E-state index in [0.717, 1.165) is 5.56 Å². The number of ether oxygens (including phenoxy) is 1. The van der Waals surface area contributed by atoms with Crippen LogP contribution in [0.4, 0.5) is 0 Å². The number of carboxylic acid groups (broad SMARTS) is 1. The lowest BCUT2D eigenvalue weighted by Crippen LogP contribution is -2.37. The van der Waals surface area contributed by atoms with Crippen LogP contribution in [0.2, 0.25) is 0 Å². The van der Waals surface area contributed by atoms with Crippen molar-refractivity contribution in [3.8, 4) is 0 Å². The van der Waals surface area contributed by atoms with E-state index in [2.05, 4.69) is 5.32 Å². The van der Waals surface area contributed by atoms with Gasteiger partial charge in [0.15, 0.2) is 6.10 Å². The maximum Gasteiger partial charge on any atom is 0.332 e. The molecule has 1 aliphatic rings. The highest BCUT2D eigenvalue weighted by molar-refractivity contribution is 5.82. The molecule has 2 N–H and O–H groups in total. The Bertz CT molecular complexity index is 460. The third kappa shape index (κ3) is 3.32. The third-order valence-electron chi connectivity index (χ3n) is 3.25. The number of benzene rings is 1. The van der Waals surface area contributed by atoms with Crippen LogP contribution in [0.1, 0.15) is 31.4 Å². The Morgan fingerprint density at radius 3 is 2.47 bits per heavy atom. The Kier molecular flexibility index (Phi) is 4.16. The molecule has 5 heteroatoms. The number of rotatable bonds is 4. The van der Waals surface area contributed by atoms with E-state index >= 15 is 0 Å². The Labute approximate surface area is 111 Å². The molecule has 102 valence electrons. The summed E-state index contributed by atoms with van der Waals surface area (Å²) >= 11 is 0. The first-order valence-electron chi connectivity index (χ1n) is 6.31. The number of amides is 1. The summed E-state index contributed by atoms with van der Waals surface area (Å²) in [5.41, 5.74) is 1.00. The molecule has 1 aromatic carbocycles. The van der Waals surface area contributed by atoms with Crippen molar-refractivity contribution in [2.45, 2.75) is 38.0 Å². The lowest BCUT2D eigenvalue weighted by Gasteiger charge is -2.17. The van der Waals surface area contributed by atoms with E-state index in [0.29, 0.717) is 12.8 Å². The summed E-state index contributed by atoms with van der Waals surface area (Å²) in [5.74, 6) is -1.26. The number of carbonyl (C=O) groups is 2. The quantitative estimate of drug-likeness (QED) is 0.863. The monoisotopic (exact) mass is 263 g/mol. The number of carbonyl (C=O) groups excluding carboxylic acids is 1. The zero-order chi connectivity index (χ0) is 13.8. The molecule has 5 nitrogen and oxygen atoms in total. The van der Waals surface area contributed by atoms with Crippen molar-refractivity contribution in [1.82, 2.24) is 5.32 Å². The van der Waals surface area contributed by atoms with Gasteiger partial charge in [0.1, 0.15) is 6.10 Å². The number of aliphatic carboxylic acids is 1. The van der Waals surface area contributed by atoms with Crippen LogP contribution < -0.4 is 5.32 Å². The van der Waals surface area contributed by atoms with Gasteiger partial charge in [-0.3, -0.25) is 4.79 Å². The highest BCUT2D eigenvalue weighted by atomic mass is 16.5. The minimum atomic E-state index is -1.01. The first-order chi connectivity index (χ1) is 9.08. The average Bonchev–Trinajstić information content (AvgIpc) is 2.89. The fourth-order valence-corrected chi connectivity index (χ4v) is 2.14. The van der Waals surface area contributed by atoms with Crippen molar-refractivity contribution >= 4 is 11.9 Å². The minimum absolute atomic E-state index is 0.124. The van der Waals surface area contributed by atoms with Crippen LogP contribution >= 0.6 is 0 Å². The number of nitrogens with one attached hydrogen (secondary N) is 1. The maximum absolute atomic E-state index is 12.0. The lowest BCUT2D eigenvalue weighted by molar-refractivity contribution is -0.151. The van der Waals surface area contributed by atoms with E-state index in [1.54, 1.807) is 0 Å². The Morgan fingerprint density at radius 1 is 1.26 bits per heavy atom. The molecule has 1 saturated heterocycles. The van der Waals surface area contributed by atoms with E-state index < -0.39 is 18.2 Å². The smallest absolute Gasteiger partial charge is 0.332 e. The topological polar surface area (TPSA) is 75.6 Å². The van der Waals surface area contributed by atoms with Gasteiger partial charge in [-0.15, -0.1) is 0 Å². The van der Waals surface area contributed by atoms with Gasteiger partial charge in [0.05, 0.1) is 6.04 Å². The fraction of sp³-hybridized carbons (Fsp3) is 0.429. The molecule has 1 aliphatic heterocycles. The fourth-order valence-electron chi connectivity index (χ4n) is 2.14. The summed E-state index contributed by atoms with van der Waals surface area (Å²) in [6.07, 6.45) is -0.688. The molecule has 0 bridgehead atoms. The maximum atomic E-state index is 12.0. The lowest BCUT2D eigenvalue weighted by atomic mass is 10.1. The van der Waals surface area contributed by atoms with E-state index in [1.807, 2.05) is 37.3 Å². The van der Waals surface area contributed by atoms with Crippen LogP contribution in [0.25, 0.3) is 0 Å². The summed E-state index contributed by atoms with van der Waals surface area (Å²) in [4.78, 5) is 22.7. The molecular formula is C14H17NO4. The highest BCUT2D eigenvalue weighted by Gasteiger charge is 2.35. The van der Waals surface area contributed by atoms with Crippen LogP contribution in [0.5, 0.6) is 0 Å². The van der Waals surface area contributed by atoms with Crippen molar-refractivity contribution in [3.63, 3.8) is 0 Å². The first kappa shape index (κ1) is 13.5. The molecule has 0 aliphatic carbocycles. The van der Waals surface area contributed by atoms with Gasteiger partial charge >= 0.3 is 5.97 Å². The SMILES string of the molecule is C[C@@H](NC(=O)[C@@H]1CC[C@H](C(=O)O)O1)c1ccccc1. The Balaban J connectivity index is 1.90. The van der Waals surface area contributed by atoms with Gasteiger partial charge in [-0.1, -0.05) is 30.3 Å². The molecule has 0 saturated carbocycles. The largest absolute Gasteiger partial charge is 0.479 e. The van der Waals surface area contributed by atoms with E-state index in [1.165, 1.54) is 0 Å². The van der Waals surface area contributed by atoms with Crippen molar-refractivity contribution in [2.75, 3.05) is 0 Å². The molecular weight excluding hydrogens is 246 g/mol. The number of hydrogen-bond acceptors (Lipinski definition) is 3. The van der Waals surface area contributed by atoms with Gasteiger partial charge < -0.3 is 15.2 Å². The van der Waals surface area contributed by atoms with Crippen LogP contribution in [0, 0.1) is 0 Å². The molecule has 1 amide bonds. The first-order valence-corrected chi connectivity index (χ1v) is 6.31. The Hall–Kier alpha value is -1.88. The second kappa shape index (κ2) is 5.84. The van der Waals surface area contributed by atoms with Crippen molar-refractivity contribution in [2.24, 2.45) is 0 Å². The van der Waals surface area contributed by atoms with Gasteiger partial charge in [-0.05, 0) is 25.3 Å². The summed E-state index contributed by atoms with van der Waals surface area (Å²) in [7, 11) is 0. The Morgan fingerprint density at radius 2 is 1.89 bits per heavy atom. The summed E-state index contributed by atoms with van der Waals surface area (Å²) < 4.78 is 5.21. The summed E-state index contributed by atoms with van der Waals surface area (Å²) in [6.45, 7) is 1.89. The average molecular weight is 263 g/mol. The molecule has 0 radical (unpaired) electrons. The predicted molar refractivity (Wildman–Crippen MR) is 68.5 cm³/mol. The van der Waals surface area contributed by atoms with E-state index in [4.69, 9.17) is 9.84 Å². The van der Waals surface area contributed by atoms with Crippen LogP contribution in [-0.2, 0) is 14.3 Å². The van der Waals surface area contributed by atoms with Crippen molar-refractivity contribution < 1.29 is 19.4 Å². The van der Waals surface area contributed by atoms with Crippen molar-refractivity contribution in [3.05, 3.63) is 35.9 Å². The molecule has 1 aromatic rings. The second-order valence-corrected chi connectivity index (χ2v) is 4.67. The number of carboxylic acids is 1. The van der Waals surface area contributed by atoms with Crippen molar-refractivity contribution in [1.29, 1.82) is 0 Å². The molecule has 0 spiro atoms. The molecule has 1 fully saturated rings. The van der Waals surface area contributed by atoms with E-state index in [-0.39, 0.29) is 11.9 Å². The molecule has 0 unspecified atom stereocenters. The van der Waals surface area contributed by atoms with Gasteiger partial charge in [0.2, 0.25) is 5.91 Å². The van der Waals surface area contributed by atoms with Gasteiger partial charge in [-0.25, -0.2) is 4.79 Å². The molecule has 19 heavy (non-hydrogen) atoms. The molecule has 2 rings (SSSR count). The summed E-state index contributed by atoms with van der Waals surface area (Å²) in [5, 5.41) is 11.7. The predicted octanol–water partition coefficient (Wildman–Crippen LogP) is 1.50. The zero-order valence-corrected chi connectivity index (χ0v) is 10.7.